The van der Waals surface area contributed by atoms with Gasteiger partial charge in [-0.25, -0.2) is 0 Å². The molecule has 9 heteroatoms. The first-order valence-corrected chi connectivity index (χ1v) is 11.7. The van der Waals surface area contributed by atoms with E-state index in [0.717, 1.165) is 28.1 Å². The average Bonchev–Trinajstić information content (AvgIpc) is 3.50. The van der Waals surface area contributed by atoms with Gasteiger partial charge in [-0.1, -0.05) is 36.0 Å². The molecule has 172 valence electrons. The molecule has 1 atom stereocenters. The van der Waals surface area contributed by atoms with Crippen molar-refractivity contribution < 1.29 is 14.3 Å². The van der Waals surface area contributed by atoms with Crippen LogP contribution in [-0.4, -0.2) is 37.7 Å². The Morgan fingerprint density at radius 2 is 1.88 bits per heavy atom. The van der Waals surface area contributed by atoms with Crippen molar-refractivity contribution in [3.8, 4) is 28.6 Å². The number of benzene rings is 2. The zero-order chi connectivity index (χ0) is 23.5. The zero-order valence-electron chi connectivity index (χ0n) is 18.8. The van der Waals surface area contributed by atoms with Crippen LogP contribution in [0.4, 0.5) is 0 Å². The first-order chi connectivity index (χ1) is 16.6. The molecule has 8 nitrogen and oxygen atoms in total. The van der Waals surface area contributed by atoms with E-state index in [-0.39, 0.29) is 18.0 Å². The Morgan fingerprint density at radius 3 is 2.71 bits per heavy atom. The van der Waals surface area contributed by atoms with Crippen LogP contribution in [0, 0.1) is 6.92 Å². The molecule has 5 rings (SSSR count). The Hall–Kier alpha value is -3.85. The minimum absolute atomic E-state index is 0.0903. The highest BCUT2D eigenvalue weighted by molar-refractivity contribution is 8.00. The Kier molecular flexibility index (Phi) is 6.18. The molecule has 0 fully saturated rings. The number of hydrogen-bond acceptors (Lipinski definition) is 7. The lowest BCUT2D eigenvalue weighted by Gasteiger charge is -2.15. The largest absolute Gasteiger partial charge is 0.454 e. The van der Waals surface area contributed by atoms with Crippen molar-refractivity contribution in [2.75, 3.05) is 6.79 Å². The van der Waals surface area contributed by atoms with Crippen LogP contribution in [0.2, 0.25) is 0 Å². The number of para-hydroxylation sites is 1. The van der Waals surface area contributed by atoms with Gasteiger partial charge in [0, 0.05) is 24.5 Å². The molecule has 0 aliphatic carbocycles. The highest BCUT2D eigenvalue weighted by atomic mass is 32.2. The van der Waals surface area contributed by atoms with Crippen LogP contribution < -0.4 is 14.8 Å². The van der Waals surface area contributed by atoms with Gasteiger partial charge >= 0.3 is 0 Å². The fourth-order valence-corrected chi connectivity index (χ4v) is 4.55. The lowest BCUT2D eigenvalue weighted by molar-refractivity contribution is -0.120. The van der Waals surface area contributed by atoms with Gasteiger partial charge in [-0.3, -0.25) is 14.3 Å². The molecule has 0 saturated heterocycles. The Morgan fingerprint density at radius 1 is 1.09 bits per heavy atom. The molecule has 0 bridgehead atoms. The second-order valence-electron chi connectivity index (χ2n) is 7.83. The normalized spacial score (nSPS) is 13.0. The summed E-state index contributed by atoms with van der Waals surface area (Å²) in [4.78, 5) is 17.0. The second-order valence-corrected chi connectivity index (χ2v) is 9.14. The molecule has 1 N–H and O–H groups in total. The maximum Gasteiger partial charge on any atom is 0.233 e. The van der Waals surface area contributed by atoms with Gasteiger partial charge in [0.05, 0.1) is 10.9 Å². The summed E-state index contributed by atoms with van der Waals surface area (Å²) in [5, 5.41) is 12.1. The summed E-state index contributed by atoms with van der Waals surface area (Å²) < 4.78 is 12.8. The van der Waals surface area contributed by atoms with Crippen LogP contribution in [0.5, 0.6) is 11.5 Å². The van der Waals surface area contributed by atoms with Crippen molar-refractivity contribution >= 4 is 17.7 Å². The van der Waals surface area contributed by atoms with E-state index in [1.54, 1.807) is 12.4 Å². The number of nitrogens with one attached hydrogen (secondary N) is 1. The highest BCUT2D eigenvalue weighted by Gasteiger charge is 2.23. The van der Waals surface area contributed by atoms with E-state index in [0.29, 0.717) is 23.3 Å². The molecule has 0 unspecified atom stereocenters. The molecule has 2 aromatic heterocycles. The summed E-state index contributed by atoms with van der Waals surface area (Å²) in [6.07, 6.45) is 3.45. The lowest BCUT2D eigenvalue weighted by atomic mass is 10.2. The van der Waals surface area contributed by atoms with E-state index in [2.05, 4.69) is 20.5 Å². The number of aromatic nitrogens is 4. The quantitative estimate of drug-likeness (QED) is 0.403. The molecule has 0 saturated carbocycles. The highest BCUT2D eigenvalue weighted by Crippen LogP contribution is 2.33. The predicted octanol–water partition coefficient (Wildman–Crippen LogP) is 4.16. The van der Waals surface area contributed by atoms with E-state index in [4.69, 9.17) is 9.47 Å². The van der Waals surface area contributed by atoms with Gasteiger partial charge in [-0.05, 0) is 55.3 Å². The maximum absolute atomic E-state index is 12.9. The standard InChI is InChI=1S/C25H23N5O3S/c1-16-5-3-4-6-20(16)30-23(19-9-11-26-12-10-19)28-29-25(30)34-17(2)24(31)27-14-18-7-8-21-22(13-18)33-15-32-21/h3-13,17H,14-15H2,1-2H3,(H,27,31)/t17-/m0/s1. The third kappa shape index (κ3) is 4.47. The van der Waals surface area contributed by atoms with Crippen molar-refractivity contribution in [2.24, 2.45) is 0 Å². The number of carbonyl (C=O) groups is 1. The number of rotatable bonds is 7. The molecular weight excluding hydrogens is 450 g/mol. The van der Waals surface area contributed by atoms with Gasteiger partial charge in [0.1, 0.15) is 0 Å². The van der Waals surface area contributed by atoms with Gasteiger partial charge in [0.15, 0.2) is 22.5 Å². The van der Waals surface area contributed by atoms with Gasteiger partial charge in [0.2, 0.25) is 12.7 Å². The summed E-state index contributed by atoms with van der Waals surface area (Å²) in [6, 6.07) is 17.5. The van der Waals surface area contributed by atoms with Crippen molar-refractivity contribution in [1.82, 2.24) is 25.1 Å². The van der Waals surface area contributed by atoms with Crippen molar-refractivity contribution in [2.45, 2.75) is 30.8 Å². The lowest BCUT2D eigenvalue weighted by Crippen LogP contribution is -2.30. The maximum atomic E-state index is 12.9. The number of amides is 1. The van der Waals surface area contributed by atoms with Crippen LogP contribution in [0.1, 0.15) is 18.1 Å². The molecule has 0 spiro atoms. The molecule has 4 aromatic rings. The molecule has 3 heterocycles. The summed E-state index contributed by atoms with van der Waals surface area (Å²) in [6.45, 7) is 4.53. The SMILES string of the molecule is Cc1ccccc1-n1c(S[C@@H](C)C(=O)NCc2ccc3c(c2)OCO3)nnc1-c1ccncc1. The topological polar surface area (TPSA) is 91.2 Å². The number of ether oxygens (including phenoxy) is 2. The van der Waals surface area contributed by atoms with E-state index < -0.39 is 0 Å². The number of pyridine rings is 1. The molecule has 34 heavy (non-hydrogen) atoms. The van der Waals surface area contributed by atoms with Gasteiger partial charge in [0.25, 0.3) is 0 Å². The number of carbonyl (C=O) groups excluding carboxylic acids is 1. The van der Waals surface area contributed by atoms with Gasteiger partial charge in [-0.15, -0.1) is 10.2 Å². The molecule has 0 radical (unpaired) electrons. The Balaban J connectivity index is 1.35. The summed E-state index contributed by atoms with van der Waals surface area (Å²) >= 11 is 1.37. The Labute approximate surface area is 201 Å². The van der Waals surface area contributed by atoms with Crippen molar-refractivity contribution in [3.05, 3.63) is 78.1 Å². The Bertz CT molecular complexity index is 1330. The van der Waals surface area contributed by atoms with Crippen LogP contribution in [-0.2, 0) is 11.3 Å². The summed E-state index contributed by atoms with van der Waals surface area (Å²) in [7, 11) is 0. The minimum Gasteiger partial charge on any atom is -0.454 e. The fourth-order valence-electron chi connectivity index (χ4n) is 3.66. The molecular formula is C25H23N5O3S. The first kappa shape index (κ1) is 22.0. The van der Waals surface area contributed by atoms with Crippen LogP contribution >= 0.6 is 11.8 Å². The second kappa shape index (κ2) is 9.56. The number of nitrogens with zero attached hydrogens (tertiary/aromatic N) is 4. The summed E-state index contributed by atoms with van der Waals surface area (Å²) in [5.41, 5.74) is 3.89. The van der Waals surface area contributed by atoms with Crippen LogP contribution in [0.15, 0.2) is 72.1 Å². The van der Waals surface area contributed by atoms with Crippen molar-refractivity contribution in [3.63, 3.8) is 0 Å². The molecule has 1 amide bonds. The number of hydrogen-bond donors (Lipinski definition) is 1. The fraction of sp³-hybridized carbons (Fsp3) is 0.200. The number of thioether (sulfide) groups is 1. The van der Waals surface area contributed by atoms with E-state index >= 15 is 0 Å². The monoisotopic (exact) mass is 473 g/mol. The number of aryl methyl sites for hydroxylation is 1. The number of fused-ring (bicyclic) bond motifs is 1. The van der Waals surface area contributed by atoms with Crippen LogP contribution in [0.3, 0.4) is 0 Å². The molecule has 1 aliphatic heterocycles. The zero-order valence-corrected chi connectivity index (χ0v) is 19.6. The average molecular weight is 474 g/mol. The smallest absolute Gasteiger partial charge is 0.233 e. The van der Waals surface area contributed by atoms with Crippen molar-refractivity contribution in [1.29, 1.82) is 0 Å². The predicted molar refractivity (Wildman–Crippen MR) is 129 cm³/mol. The van der Waals surface area contributed by atoms with Gasteiger partial charge in [-0.2, -0.15) is 0 Å². The van der Waals surface area contributed by atoms with E-state index in [1.165, 1.54) is 11.8 Å². The minimum atomic E-state index is -0.383. The van der Waals surface area contributed by atoms with Crippen LogP contribution in [0.25, 0.3) is 17.1 Å². The van der Waals surface area contributed by atoms with E-state index in [9.17, 15) is 4.79 Å². The molecule has 1 aliphatic rings. The molecule has 2 aromatic carbocycles. The third-order valence-corrected chi connectivity index (χ3v) is 6.53. The third-order valence-electron chi connectivity index (χ3n) is 5.48. The van der Waals surface area contributed by atoms with E-state index in [1.807, 2.05) is 73.0 Å². The first-order valence-electron chi connectivity index (χ1n) is 10.8. The van der Waals surface area contributed by atoms with Gasteiger partial charge < -0.3 is 14.8 Å². The summed E-state index contributed by atoms with van der Waals surface area (Å²) in [5.74, 6) is 2.03.